The third-order valence-electron chi connectivity index (χ3n) is 2.80. The molecule has 1 aliphatic rings. The monoisotopic (exact) mass is 278 g/mol. The molecule has 0 amide bonds. The number of ether oxygens (including phenoxy) is 1. The van der Waals surface area contributed by atoms with E-state index in [9.17, 15) is 0 Å². The van der Waals surface area contributed by atoms with Gasteiger partial charge in [-0.1, -0.05) is 29.3 Å². The van der Waals surface area contributed by atoms with E-state index >= 15 is 0 Å². The Morgan fingerprint density at radius 3 is 2.62 bits per heavy atom. The lowest BCUT2D eigenvalue weighted by molar-refractivity contribution is 0.0136. The van der Waals surface area contributed by atoms with E-state index in [1.165, 1.54) is 6.42 Å². The van der Waals surface area contributed by atoms with Crippen LogP contribution in [-0.4, -0.2) is 12.7 Å². The standard InChI is InChI=1S/C12H13Cl3O/c13-9-5-4-8(7-10(9)14)12(15)11-3-1-2-6-16-11/h4-5,7,11-12H,1-3,6H2. The van der Waals surface area contributed by atoms with Gasteiger partial charge in [0.15, 0.2) is 0 Å². The van der Waals surface area contributed by atoms with Crippen molar-refractivity contribution in [1.29, 1.82) is 0 Å². The van der Waals surface area contributed by atoms with E-state index in [0.717, 1.165) is 25.0 Å². The zero-order chi connectivity index (χ0) is 11.5. The maximum absolute atomic E-state index is 6.38. The summed E-state index contributed by atoms with van der Waals surface area (Å²) in [5.41, 5.74) is 0.975. The minimum atomic E-state index is -0.143. The van der Waals surface area contributed by atoms with E-state index in [2.05, 4.69) is 0 Å². The molecule has 0 aromatic heterocycles. The number of rotatable bonds is 2. The Kier molecular flexibility index (Phi) is 4.37. The van der Waals surface area contributed by atoms with Gasteiger partial charge >= 0.3 is 0 Å². The first-order valence-electron chi connectivity index (χ1n) is 5.39. The van der Waals surface area contributed by atoms with Crippen molar-refractivity contribution >= 4 is 34.8 Å². The number of benzene rings is 1. The lowest BCUT2D eigenvalue weighted by Gasteiger charge is -2.27. The van der Waals surface area contributed by atoms with Crippen LogP contribution in [-0.2, 0) is 4.74 Å². The van der Waals surface area contributed by atoms with Gasteiger partial charge in [0.25, 0.3) is 0 Å². The van der Waals surface area contributed by atoms with Crippen LogP contribution in [0.1, 0.15) is 30.2 Å². The molecule has 16 heavy (non-hydrogen) atoms. The van der Waals surface area contributed by atoms with Crippen molar-refractivity contribution in [3.05, 3.63) is 33.8 Å². The maximum Gasteiger partial charge on any atom is 0.0847 e. The molecule has 0 N–H and O–H groups in total. The number of hydrogen-bond acceptors (Lipinski definition) is 1. The van der Waals surface area contributed by atoms with Crippen molar-refractivity contribution in [3.8, 4) is 0 Å². The average Bonchev–Trinajstić information content (AvgIpc) is 2.33. The van der Waals surface area contributed by atoms with Crippen molar-refractivity contribution in [1.82, 2.24) is 0 Å². The van der Waals surface area contributed by atoms with Crippen molar-refractivity contribution < 1.29 is 4.74 Å². The van der Waals surface area contributed by atoms with Crippen molar-refractivity contribution in [2.24, 2.45) is 0 Å². The molecule has 4 heteroatoms. The molecular weight excluding hydrogens is 266 g/mol. The largest absolute Gasteiger partial charge is 0.376 e. The molecule has 1 heterocycles. The van der Waals surface area contributed by atoms with E-state index in [1.54, 1.807) is 6.07 Å². The van der Waals surface area contributed by atoms with Crippen LogP contribution in [0, 0.1) is 0 Å². The number of halogens is 3. The van der Waals surface area contributed by atoms with Crippen LogP contribution in [0.5, 0.6) is 0 Å². The van der Waals surface area contributed by atoms with E-state index in [0.29, 0.717) is 10.0 Å². The van der Waals surface area contributed by atoms with Crippen LogP contribution >= 0.6 is 34.8 Å². The topological polar surface area (TPSA) is 9.23 Å². The fraction of sp³-hybridized carbons (Fsp3) is 0.500. The third kappa shape index (κ3) is 2.84. The highest BCUT2D eigenvalue weighted by molar-refractivity contribution is 6.42. The second-order valence-corrected chi connectivity index (χ2v) is 5.26. The maximum atomic E-state index is 6.38. The Bertz CT molecular complexity index is 361. The summed E-state index contributed by atoms with van der Waals surface area (Å²) in [4.78, 5) is 0. The van der Waals surface area contributed by atoms with E-state index in [1.807, 2.05) is 12.1 Å². The summed E-state index contributed by atoms with van der Waals surface area (Å²) in [7, 11) is 0. The van der Waals surface area contributed by atoms with Gasteiger partial charge in [0.2, 0.25) is 0 Å². The molecule has 1 aliphatic heterocycles. The highest BCUT2D eigenvalue weighted by Gasteiger charge is 2.24. The van der Waals surface area contributed by atoms with Gasteiger partial charge in [0, 0.05) is 6.61 Å². The van der Waals surface area contributed by atoms with Gasteiger partial charge < -0.3 is 4.74 Å². The summed E-state index contributed by atoms with van der Waals surface area (Å²) in [6.45, 7) is 0.801. The summed E-state index contributed by atoms with van der Waals surface area (Å²) < 4.78 is 5.66. The SMILES string of the molecule is Clc1ccc(C(Cl)C2CCCCO2)cc1Cl. The van der Waals surface area contributed by atoms with Crippen LogP contribution in [0.2, 0.25) is 10.0 Å². The molecule has 2 rings (SSSR count). The lowest BCUT2D eigenvalue weighted by Crippen LogP contribution is -2.23. The Labute approximate surface area is 111 Å². The zero-order valence-electron chi connectivity index (χ0n) is 8.76. The average molecular weight is 280 g/mol. The second-order valence-electron chi connectivity index (χ2n) is 3.98. The van der Waals surface area contributed by atoms with Crippen LogP contribution in [0.3, 0.4) is 0 Å². The highest BCUT2D eigenvalue weighted by Crippen LogP contribution is 2.34. The third-order valence-corrected chi connectivity index (χ3v) is 4.08. The molecule has 1 aromatic carbocycles. The zero-order valence-corrected chi connectivity index (χ0v) is 11.0. The first kappa shape index (κ1) is 12.5. The molecule has 1 fully saturated rings. The van der Waals surface area contributed by atoms with Crippen LogP contribution < -0.4 is 0 Å². The summed E-state index contributed by atoms with van der Waals surface area (Å²) in [6, 6.07) is 5.50. The van der Waals surface area contributed by atoms with E-state index < -0.39 is 0 Å². The second kappa shape index (κ2) is 5.59. The van der Waals surface area contributed by atoms with Crippen molar-refractivity contribution in [3.63, 3.8) is 0 Å². The van der Waals surface area contributed by atoms with Crippen molar-refractivity contribution in [2.45, 2.75) is 30.7 Å². The molecule has 0 radical (unpaired) electrons. The summed E-state index contributed by atoms with van der Waals surface area (Å²) in [5, 5.41) is 0.953. The van der Waals surface area contributed by atoms with Gasteiger partial charge in [-0.3, -0.25) is 0 Å². The van der Waals surface area contributed by atoms with Gasteiger partial charge in [0.1, 0.15) is 0 Å². The van der Waals surface area contributed by atoms with Crippen LogP contribution in [0.15, 0.2) is 18.2 Å². The van der Waals surface area contributed by atoms with E-state index in [-0.39, 0.29) is 11.5 Å². The first-order valence-corrected chi connectivity index (χ1v) is 6.58. The number of alkyl halides is 1. The normalized spacial score (nSPS) is 23.1. The van der Waals surface area contributed by atoms with E-state index in [4.69, 9.17) is 39.5 Å². The van der Waals surface area contributed by atoms with Gasteiger partial charge in [-0.25, -0.2) is 0 Å². The molecule has 0 bridgehead atoms. The molecular formula is C12H13Cl3O. The minimum Gasteiger partial charge on any atom is -0.376 e. The van der Waals surface area contributed by atoms with Crippen LogP contribution in [0.25, 0.3) is 0 Å². The van der Waals surface area contributed by atoms with Crippen molar-refractivity contribution in [2.75, 3.05) is 6.61 Å². The molecule has 1 aromatic rings. The lowest BCUT2D eigenvalue weighted by atomic mass is 10.0. The molecule has 0 aliphatic carbocycles. The predicted octanol–water partition coefficient (Wildman–Crippen LogP) is 4.84. The fourth-order valence-electron chi connectivity index (χ4n) is 1.90. The Morgan fingerprint density at radius 2 is 2.00 bits per heavy atom. The molecule has 2 atom stereocenters. The molecule has 0 spiro atoms. The smallest absolute Gasteiger partial charge is 0.0847 e. The molecule has 1 nitrogen and oxygen atoms in total. The summed E-state index contributed by atoms with van der Waals surface area (Å²) in [5.74, 6) is 0. The summed E-state index contributed by atoms with van der Waals surface area (Å²) in [6.07, 6.45) is 3.40. The van der Waals surface area contributed by atoms with Gasteiger partial charge in [-0.2, -0.15) is 0 Å². The Morgan fingerprint density at radius 1 is 1.19 bits per heavy atom. The summed E-state index contributed by atoms with van der Waals surface area (Å²) >= 11 is 18.2. The van der Waals surface area contributed by atoms with Gasteiger partial charge in [0.05, 0.1) is 21.5 Å². The van der Waals surface area contributed by atoms with Gasteiger partial charge in [-0.05, 0) is 37.0 Å². The fourth-order valence-corrected chi connectivity index (χ4v) is 2.54. The molecule has 0 saturated carbocycles. The number of hydrogen-bond donors (Lipinski definition) is 0. The highest BCUT2D eigenvalue weighted by atomic mass is 35.5. The molecule has 1 saturated heterocycles. The molecule has 88 valence electrons. The minimum absolute atomic E-state index is 0.0904. The predicted molar refractivity (Wildman–Crippen MR) is 68.6 cm³/mol. The molecule has 2 unspecified atom stereocenters. The van der Waals surface area contributed by atoms with Crippen LogP contribution in [0.4, 0.5) is 0 Å². The Balaban J connectivity index is 2.12. The quantitative estimate of drug-likeness (QED) is 0.704. The van der Waals surface area contributed by atoms with Gasteiger partial charge in [-0.15, -0.1) is 11.6 Å². The Hall–Kier alpha value is 0.0500. The first-order chi connectivity index (χ1) is 7.68.